The van der Waals surface area contributed by atoms with Gasteiger partial charge in [-0.05, 0) is 35.9 Å². The number of hydrogen-bond acceptors (Lipinski definition) is 5. The van der Waals surface area contributed by atoms with Crippen molar-refractivity contribution in [1.82, 2.24) is 9.78 Å². The molecular formula is C21H18BrN3O4. The fourth-order valence-corrected chi connectivity index (χ4v) is 2.66. The van der Waals surface area contributed by atoms with Gasteiger partial charge in [0.1, 0.15) is 5.75 Å². The maximum absolute atomic E-state index is 12.3. The number of aromatic nitrogens is 2. The molecule has 3 rings (SSSR count). The Bertz CT molecular complexity index is 1010. The van der Waals surface area contributed by atoms with Gasteiger partial charge in [0.05, 0.1) is 19.0 Å². The lowest BCUT2D eigenvalue weighted by atomic mass is 10.2. The summed E-state index contributed by atoms with van der Waals surface area (Å²) in [6.07, 6.45) is 5.04. The van der Waals surface area contributed by atoms with Crippen molar-refractivity contribution >= 4 is 45.8 Å². The summed E-state index contributed by atoms with van der Waals surface area (Å²) in [4.78, 5) is 24.3. The van der Waals surface area contributed by atoms with Crippen molar-refractivity contribution < 1.29 is 19.1 Å². The minimum absolute atomic E-state index is 0.00204. The van der Waals surface area contributed by atoms with Gasteiger partial charge >= 0.3 is 5.97 Å². The number of nitrogens with zero attached hydrogens (tertiary/aromatic N) is 2. The summed E-state index contributed by atoms with van der Waals surface area (Å²) in [6.45, 7) is -0.215. The van der Waals surface area contributed by atoms with Gasteiger partial charge in [-0.2, -0.15) is 5.10 Å². The van der Waals surface area contributed by atoms with Crippen molar-refractivity contribution in [2.45, 2.75) is 0 Å². The molecule has 0 bridgehead atoms. The maximum Gasteiger partial charge on any atom is 0.360 e. The zero-order valence-electron chi connectivity index (χ0n) is 15.5. The number of rotatable bonds is 7. The summed E-state index contributed by atoms with van der Waals surface area (Å²) in [5.41, 5.74) is 1.21. The van der Waals surface area contributed by atoms with Crippen LogP contribution in [0.4, 0.5) is 5.69 Å². The summed E-state index contributed by atoms with van der Waals surface area (Å²) in [7, 11) is 1.25. The number of benzene rings is 2. The third kappa shape index (κ3) is 5.79. The van der Waals surface area contributed by atoms with Crippen LogP contribution in [0.25, 0.3) is 12.3 Å². The second kappa shape index (κ2) is 9.70. The molecular weight excluding hydrogens is 438 g/mol. The van der Waals surface area contributed by atoms with Crippen LogP contribution in [0.3, 0.4) is 0 Å². The number of hydrogen-bond donors (Lipinski definition) is 1. The fourth-order valence-electron chi connectivity index (χ4n) is 2.40. The van der Waals surface area contributed by atoms with Crippen LogP contribution in [0.1, 0.15) is 16.1 Å². The van der Waals surface area contributed by atoms with E-state index in [0.29, 0.717) is 5.75 Å². The number of halogens is 1. The molecule has 1 aromatic heterocycles. The van der Waals surface area contributed by atoms with E-state index in [9.17, 15) is 9.59 Å². The van der Waals surface area contributed by atoms with Crippen LogP contribution >= 0.6 is 15.9 Å². The highest BCUT2D eigenvalue weighted by Gasteiger charge is 2.19. The highest BCUT2D eigenvalue weighted by Crippen LogP contribution is 2.18. The molecule has 0 radical (unpaired) electrons. The lowest BCUT2D eigenvalue weighted by Crippen LogP contribution is -2.21. The van der Waals surface area contributed by atoms with E-state index in [1.165, 1.54) is 18.0 Å². The molecule has 0 unspecified atom stereocenters. The van der Waals surface area contributed by atoms with E-state index in [1.54, 1.807) is 18.3 Å². The third-order valence-electron chi connectivity index (χ3n) is 3.79. The molecule has 0 fully saturated rings. The molecule has 8 heteroatoms. The quantitative estimate of drug-likeness (QED) is 0.542. The molecule has 0 saturated carbocycles. The minimum Gasteiger partial charge on any atom is -0.484 e. The third-order valence-corrected chi connectivity index (χ3v) is 4.32. The van der Waals surface area contributed by atoms with Gasteiger partial charge in [0.15, 0.2) is 12.3 Å². The normalized spacial score (nSPS) is 10.7. The summed E-state index contributed by atoms with van der Waals surface area (Å²) in [6, 6.07) is 16.7. The molecule has 0 aliphatic carbocycles. The Morgan fingerprint density at radius 3 is 2.55 bits per heavy atom. The first-order valence-electron chi connectivity index (χ1n) is 8.64. The summed E-state index contributed by atoms with van der Waals surface area (Å²) in [5, 5.41) is 6.81. The molecule has 0 saturated heterocycles. The Morgan fingerprint density at radius 1 is 1.14 bits per heavy atom. The average Bonchev–Trinajstić information content (AvgIpc) is 3.14. The van der Waals surface area contributed by atoms with Gasteiger partial charge < -0.3 is 14.8 Å². The van der Waals surface area contributed by atoms with E-state index in [1.807, 2.05) is 48.5 Å². The first-order chi connectivity index (χ1) is 14.0. The maximum atomic E-state index is 12.3. The van der Waals surface area contributed by atoms with Crippen molar-refractivity contribution in [2.24, 2.45) is 0 Å². The Morgan fingerprint density at radius 2 is 1.86 bits per heavy atom. The van der Waals surface area contributed by atoms with Crippen LogP contribution < -0.4 is 10.1 Å². The van der Waals surface area contributed by atoms with E-state index < -0.39 is 11.9 Å². The van der Waals surface area contributed by atoms with Crippen LogP contribution in [0.5, 0.6) is 5.75 Å². The van der Waals surface area contributed by atoms with E-state index in [-0.39, 0.29) is 18.0 Å². The average molecular weight is 456 g/mol. The Kier molecular flexibility index (Phi) is 6.80. The summed E-state index contributed by atoms with van der Waals surface area (Å²) in [5.74, 6) is -0.524. The lowest BCUT2D eigenvalue weighted by Gasteiger charge is -2.07. The molecule has 0 spiro atoms. The van der Waals surface area contributed by atoms with Crippen molar-refractivity contribution in [3.63, 3.8) is 0 Å². The van der Waals surface area contributed by atoms with Crippen molar-refractivity contribution in [1.29, 1.82) is 0 Å². The predicted octanol–water partition coefficient (Wildman–Crippen LogP) is 4.08. The van der Waals surface area contributed by atoms with Crippen LogP contribution in [0.2, 0.25) is 0 Å². The van der Waals surface area contributed by atoms with E-state index in [0.717, 1.165) is 10.0 Å². The zero-order valence-corrected chi connectivity index (χ0v) is 17.1. The van der Waals surface area contributed by atoms with Gasteiger partial charge in [-0.25, -0.2) is 9.48 Å². The molecule has 29 heavy (non-hydrogen) atoms. The van der Waals surface area contributed by atoms with Crippen LogP contribution in [0.15, 0.2) is 65.3 Å². The second-order valence-corrected chi connectivity index (χ2v) is 6.80. The highest BCUT2D eigenvalue weighted by atomic mass is 79.9. The van der Waals surface area contributed by atoms with Gasteiger partial charge in [0, 0.05) is 10.7 Å². The van der Waals surface area contributed by atoms with Crippen LogP contribution in [-0.2, 0) is 9.53 Å². The Labute approximate surface area is 176 Å². The van der Waals surface area contributed by atoms with Crippen LogP contribution in [0, 0.1) is 0 Å². The number of carbonyl (C=O) groups is 2. The van der Waals surface area contributed by atoms with E-state index >= 15 is 0 Å². The largest absolute Gasteiger partial charge is 0.484 e. The lowest BCUT2D eigenvalue weighted by molar-refractivity contribution is -0.118. The van der Waals surface area contributed by atoms with Gasteiger partial charge in [0.25, 0.3) is 5.91 Å². The summed E-state index contributed by atoms with van der Waals surface area (Å²) < 4.78 is 12.5. The fraction of sp³-hybridized carbons (Fsp3) is 0.0952. The molecule has 1 amide bonds. The Balaban J connectivity index is 1.70. The standard InChI is InChI=1S/C21H18BrN3O4/c1-28-21(27)20-18(13-25(24-20)12-11-15-5-3-2-4-6-15)23-19(26)14-29-17-9-7-16(22)8-10-17/h2-13H,14H2,1H3,(H,23,26). The zero-order chi connectivity index (χ0) is 20.6. The van der Waals surface area contributed by atoms with Crippen LogP contribution in [-0.4, -0.2) is 35.4 Å². The van der Waals surface area contributed by atoms with E-state index in [2.05, 4.69) is 26.3 Å². The SMILES string of the molecule is COC(=O)c1nn(C=Cc2ccccc2)cc1NC(=O)COc1ccc(Br)cc1. The number of nitrogens with one attached hydrogen (secondary N) is 1. The number of esters is 1. The van der Waals surface area contributed by atoms with Gasteiger partial charge in [-0.1, -0.05) is 46.3 Å². The molecule has 7 nitrogen and oxygen atoms in total. The molecule has 148 valence electrons. The Hall–Kier alpha value is -3.39. The molecule has 0 atom stereocenters. The van der Waals surface area contributed by atoms with Gasteiger partial charge in [0.2, 0.25) is 0 Å². The first kappa shape index (κ1) is 20.3. The minimum atomic E-state index is -0.652. The molecule has 3 aromatic rings. The van der Waals surface area contributed by atoms with Crippen molar-refractivity contribution in [3.05, 3.63) is 76.5 Å². The number of anilines is 1. The smallest absolute Gasteiger partial charge is 0.360 e. The second-order valence-electron chi connectivity index (χ2n) is 5.88. The highest BCUT2D eigenvalue weighted by molar-refractivity contribution is 9.10. The van der Waals surface area contributed by atoms with E-state index in [4.69, 9.17) is 9.47 Å². The monoisotopic (exact) mass is 455 g/mol. The molecule has 0 aliphatic heterocycles. The first-order valence-corrected chi connectivity index (χ1v) is 9.43. The number of amides is 1. The number of methoxy groups -OCH3 is 1. The van der Waals surface area contributed by atoms with Crippen molar-refractivity contribution in [2.75, 3.05) is 19.0 Å². The summed E-state index contributed by atoms with van der Waals surface area (Å²) >= 11 is 3.33. The molecule has 0 aliphatic rings. The number of ether oxygens (including phenoxy) is 2. The topological polar surface area (TPSA) is 82.5 Å². The van der Waals surface area contributed by atoms with Gasteiger partial charge in [-0.15, -0.1) is 0 Å². The molecule has 1 heterocycles. The predicted molar refractivity (Wildman–Crippen MR) is 113 cm³/mol. The number of carbonyl (C=O) groups excluding carboxylic acids is 2. The van der Waals surface area contributed by atoms with Crippen molar-refractivity contribution in [3.8, 4) is 5.75 Å². The molecule has 2 aromatic carbocycles. The van der Waals surface area contributed by atoms with Gasteiger partial charge in [-0.3, -0.25) is 4.79 Å². The molecule has 1 N–H and O–H groups in total.